The standard InChI is InChI=1S/C19H18N2O3S2/c22-14-9-13-15-16(17(14)24-18(13)23)20(10-12-7-4-8-26-12)19(25)21(15)11-5-2-1-3-6-11/h1-8,13-17,22H,9-10H2/t13-,14+,15+,16+,17-/m0/s1. The number of nitrogens with zero attached hydrogens (tertiary/aromatic N) is 2. The van der Waals surface area contributed by atoms with Gasteiger partial charge in [-0.2, -0.15) is 0 Å². The zero-order valence-corrected chi connectivity index (χ0v) is 15.5. The molecule has 26 heavy (non-hydrogen) atoms. The normalized spacial score (nSPS) is 32.7. The molecule has 0 radical (unpaired) electrons. The number of hydrogen-bond donors (Lipinski definition) is 1. The number of anilines is 1. The van der Waals surface area contributed by atoms with Gasteiger partial charge in [-0.1, -0.05) is 24.3 Å². The van der Waals surface area contributed by atoms with Crippen molar-refractivity contribution < 1.29 is 14.6 Å². The number of thiocarbonyl (C=S) groups is 1. The number of fused-ring (bicyclic) bond motifs is 2. The highest BCUT2D eigenvalue weighted by atomic mass is 32.1. The monoisotopic (exact) mass is 386 g/mol. The van der Waals surface area contributed by atoms with Crippen molar-refractivity contribution in [3.63, 3.8) is 0 Å². The molecule has 4 fully saturated rings. The zero-order chi connectivity index (χ0) is 17.8. The zero-order valence-electron chi connectivity index (χ0n) is 13.9. The highest BCUT2D eigenvalue weighted by Gasteiger charge is 2.62. The molecule has 1 saturated carbocycles. The van der Waals surface area contributed by atoms with Gasteiger partial charge in [-0.3, -0.25) is 4.79 Å². The maximum absolute atomic E-state index is 12.4. The second-order valence-corrected chi connectivity index (χ2v) is 8.39. The van der Waals surface area contributed by atoms with E-state index in [0.717, 1.165) is 5.69 Å². The minimum Gasteiger partial charge on any atom is -0.457 e. The van der Waals surface area contributed by atoms with E-state index >= 15 is 0 Å². The van der Waals surface area contributed by atoms with E-state index in [1.54, 1.807) is 11.3 Å². The fourth-order valence-electron chi connectivity index (χ4n) is 4.50. The van der Waals surface area contributed by atoms with Gasteiger partial charge in [0.15, 0.2) is 5.11 Å². The summed E-state index contributed by atoms with van der Waals surface area (Å²) in [6.45, 7) is 0.661. The summed E-state index contributed by atoms with van der Waals surface area (Å²) < 4.78 is 5.58. The van der Waals surface area contributed by atoms with Gasteiger partial charge in [0, 0.05) is 10.6 Å². The molecule has 5 atom stereocenters. The van der Waals surface area contributed by atoms with Crippen LogP contribution in [0.25, 0.3) is 0 Å². The molecule has 4 heterocycles. The summed E-state index contributed by atoms with van der Waals surface area (Å²) in [4.78, 5) is 17.9. The van der Waals surface area contributed by atoms with Crippen molar-refractivity contribution in [3.05, 3.63) is 52.7 Å². The molecule has 1 aliphatic carbocycles. The van der Waals surface area contributed by atoms with Gasteiger partial charge >= 0.3 is 5.97 Å². The molecule has 1 aromatic carbocycles. The summed E-state index contributed by atoms with van der Waals surface area (Å²) in [5, 5.41) is 13.2. The third-order valence-corrected chi connectivity index (χ3v) is 6.87. The first kappa shape index (κ1) is 16.2. The molecule has 6 rings (SSSR count). The van der Waals surface area contributed by atoms with Crippen molar-refractivity contribution in [2.24, 2.45) is 5.92 Å². The van der Waals surface area contributed by atoms with Crippen molar-refractivity contribution >= 4 is 40.3 Å². The Morgan fingerprint density at radius 1 is 1.19 bits per heavy atom. The van der Waals surface area contributed by atoms with E-state index in [1.807, 2.05) is 41.8 Å². The first-order chi connectivity index (χ1) is 12.6. The number of aliphatic hydroxyl groups is 1. The minimum absolute atomic E-state index is 0.0977. The van der Waals surface area contributed by atoms with Crippen molar-refractivity contribution in [1.29, 1.82) is 0 Å². The number of para-hydroxylation sites is 1. The van der Waals surface area contributed by atoms with E-state index in [9.17, 15) is 9.90 Å². The Bertz CT molecular complexity index is 842. The van der Waals surface area contributed by atoms with Gasteiger partial charge in [0.1, 0.15) is 6.10 Å². The first-order valence-electron chi connectivity index (χ1n) is 8.71. The third-order valence-electron chi connectivity index (χ3n) is 5.58. The average Bonchev–Trinajstić information content (AvgIpc) is 3.25. The number of aliphatic hydroxyl groups excluding tert-OH is 1. The molecule has 4 aliphatic rings. The summed E-state index contributed by atoms with van der Waals surface area (Å²) in [5.41, 5.74) is 0.982. The van der Waals surface area contributed by atoms with Crippen LogP contribution in [-0.2, 0) is 16.1 Å². The average molecular weight is 386 g/mol. The number of ether oxygens (including phenoxy) is 1. The molecular formula is C19H18N2O3S2. The minimum atomic E-state index is -0.636. The Morgan fingerprint density at radius 3 is 2.73 bits per heavy atom. The van der Waals surface area contributed by atoms with Crippen LogP contribution in [0.2, 0.25) is 0 Å². The number of benzene rings is 1. The second-order valence-electron chi connectivity index (χ2n) is 6.99. The Morgan fingerprint density at radius 2 is 2.00 bits per heavy atom. The van der Waals surface area contributed by atoms with Gasteiger partial charge < -0.3 is 19.6 Å². The molecule has 5 nitrogen and oxygen atoms in total. The van der Waals surface area contributed by atoms with Crippen molar-refractivity contribution in [2.75, 3.05) is 4.90 Å². The number of carbonyl (C=O) groups is 1. The van der Waals surface area contributed by atoms with E-state index in [4.69, 9.17) is 17.0 Å². The molecule has 3 aliphatic heterocycles. The number of carbonyl (C=O) groups excluding carboxylic acids is 1. The van der Waals surface area contributed by atoms with Crippen LogP contribution in [0.15, 0.2) is 47.8 Å². The van der Waals surface area contributed by atoms with Gasteiger partial charge in [0.05, 0.1) is 30.7 Å². The maximum atomic E-state index is 12.4. The number of rotatable bonds is 3. The molecule has 1 aromatic heterocycles. The molecule has 0 spiro atoms. The van der Waals surface area contributed by atoms with Gasteiger partial charge in [0.25, 0.3) is 0 Å². The first-order valence-corrected chi connectivity index (χ1v) is 10.00. The van der Waals surface area contributed by atoms with Crippen LogP contribution in [-0.4, -0.2) is 45.4 Å². The molecule has 134 valence electrons. The van der Waals surface area contributed by atoms with E-state index in [-0.39, 0.29) is 24.0 Å². The van der Waals surface area contributed by atoms with Gasteiger partial charge in [-0.15, -0.1) is 11.3 Å². The second kappa shape index (κ2) is 6.04. The summed E-state index contributed by atoms with van der Waals surface area (Å²) in [7, 11) is 0. The van der Waals surface area contributed by atoms with Gasteiger partial charge in [0.2, 0.25) is 0 Å². The number of hydrogen-bond acceptors (Lipinski definition) is 5. The van der Waals surface area contributed by atoms with Crippen LogP contribution >= 0.6 is 23.6 Å². The quantitative estimate of drug-likeness (QED) is 0.646. The molecule has 3 saturated heterocycles. The van der Waals surface area contributed by atoms with Crippen LogP contribution in [0.5, 0.6) is 0 Å². The molecule has 2 aromatic rings. The summed E-state index contributed by atoms with van der Waals surface area (Å²) >= 11 is 7.53. The Kier molecular flexibility index (Phi) is 3.77. The number of thiophene rings is 1. The number of esters is 1. The van der Waals surface area contributed by atoms with Crippen molar-refractivity contribution in [2.45, 2.75) is 37.3 Å². The van der Waals surface area contributed by atoms with Crippen LogP contribution in [0.3, 0.4) is 0 Å². The summed E-state index contributed by atoms with van der Waals surface area (Å²) in [6.07, 6.45) is -0.740. The van der Waals surface area contributed by atoms with Gasteiger partial charge in [-0.25, -0.2) is 0 Å². The van der Waals surface area contributed by atoms with Gasteiger partial charge in [-0.05, 0) is 42.2 Å². The third kappa shape index (κ3) is 2.31. The van der Waals surface area contributed by atoms with Crippen LogP contribution in [0, 0.1) is 5.92 Å². The van der Waals surface area contributed by atoms with Crippen molar-refractivity contribution in [1.82, 2.24) is 4.90 Å². The highest BCUT2D eigenvalue weighted by Crippen LogP contribution is 2.46. The molecule has 0 unspecified atom stereocenters. The SMILES string of the molecule is O=C1O[C@@H]2[C@H]3[C@@H]([C@@H]1C[C@H]2O)N(c1ccccc1)C(=S)N3Cc1cccs1. The van der Waals surface area contributed by atoms with E-state index < -0.39 is 12.2 Å². The predicted molar refractivity (Wildman–Crippen MR) is 103 cm³/mol. The smallest absolute Gasteiger partial charge is 0.311 e. The van der Waals surface area contributed by atoms with Crippen LogP contribution in [0.1, 0.15) is 11.3 Å². The predicted octanol–water partition coefficient (Wildman–Crippen LogP) is 2.40. The summed E-state index contributed by atoms with van der Waals surface area (Å²) in [5.74, 6) is -0.588. The lowest BCUT2D eigenvalue weighted by Gasteiger charge is -2.49. The fourth-order valence-corrected chi connectivity index (χ4v) is 5.62. The lowest BCUT2D eigenvalue weighted by atomic mass is 9.74. The molecule has 2 bridgehead atoms. The van der Waals surface area contributed by atoms with E-state index in [1.165, 1.54) is 4.88 Å². The Hall–Kier alpha value is -1.96. The van der Waals surface area contributed by atoms with Crippen molar-refractivity contribution in [3.8, 4) is 0 Å². The molecular weight excluding hydrogens is 368 g/mol. The van der Waals surface area contributed by atoms with Crippen LogP contribution in [0.4, 0.5) is 5.69 Å². The molecule has 0 amide bonds. The van der Waals surface area contributed by atoms with E-state index in [2.05, 4.69) is 15.9 Å². The lowest BCUT2D eigenvalue weighted by Crippen LogP contribution is -2.66. The topological polar surface area (TPSA) is 53.0 Å². The molecule has 1 N–H and O–H groups in total. The lowest BCUT2D eigenvalue weighted by molar-refractivity contribution is -0.194. The molecule has 7 heteroatoms. The Balaban J connectivity index is 1.59. The fraction of sp³-hybridized carbons (Fsp3) is 0.368. The Labute approximate surface area is 160 Å². The largest absolute Gasteiger partial charge is 0.457 e. The van der Waals surface area contributed by atoms with E-state index in [0.29, 0.717) is 18.1 Å². The highest BCUT2D eigenvalue weighted by molar-refractivity contribution is 7.80. The summed E-state index contributed by atoms with van der Waals surface area (Å²) in [6, 6.07) is 13.8. The van der Waals surface area contributed by atoms with Crippen LogP contribution < -0.4 is 4.90 Å². The maximum Gasteiger partial charge on any atom is 0.311 e.